The SMILES string of the molecule is CC[C@H](N)CCN(CC)c1cnc(Sc2cccc(Cl)c2Cl)c(N)n1. The highest BCUT2D eigenvalue weighted by Crippen LogP contribution is 2.38. The largest absolute Gasteiger partial charge is 0.381 e. The molecule has 0 fully saturated rings. The van der Waals surface area contributed by atoms with Crippen LogP contribution in [0.25, 0.3) is 0 Å². The number of benzene rings is 1. The van der Waals surface area contributed by atoms with Crippen LogP contribution in [0.1, 0.15) is 26.7 Å². The van der Waals surface area contributed by atoms with Gasteiger partial charge < -0.3 is 16.4 Å². The molecule has 136 valence electrons. The highest BCUT2D eigenvalue weighted by atomic mass is 35.5. The molecule has 0 saturated carbocycles. The molecule has 0 bridgehead atoms. The molecule has 0 aliphatic rings. The summed E-state index contributed by atoms with van der Waals surface area (Å²) in [6, 6.07) is 5.65. The van der Waals surface area contributed by atoms with Crippen LogP contribution in [0.3, 0.4) is 0 Å². The van der Waals surface area contributed by atoms with E-state index in [2.05, 4.69) is 28.7 Å². The Morgan fingerprint density at radius 1 is 1.28 bits per heavy atom. The van der Waals surface area contributed by atoms with Crippen LogP contribution in [0, 0.1) is 0 Å². The molecule has 25 heavy (non-hydrogen) atoms. The first-order valence-electron chi connectivity index (χ1n) is 8.21. The van der Waals surface area contributed by atoms with E-state index in [0.717, 1.165) is 36.6 Å². The summed E-state index contributed by atoms with van der Waals surface area (Å²) in [7, 11) is 0. The number of halogens is 2. The summed E-state index contributed by atoms with van der Waals surface area (Å²) < 4.78 is 0. The Labute approximate surface area is 163 Å². The van der Waals surface area contributed by atoms with Crippen LogP contribution in [0.15, 0.2) is 34.3 Å². The fourth-order valence-electron chi connectivity index (χ4n) is 2.24. The lowest BCUT2D eigenvalue weighted by atomic mass is 10.1. The van der Waals surface area contributed by atoms with Gasteiger partial charge in [-0.25, -0.2) is 9.97 Å². The topological polar surface area (TPSA) is 81.1 Å². The van der Waals surface area contributed by atoms with Gasteiger partial charge in [-0.3, -0.25) is 0 Å². The minimum absolute atomic E-state index is 0.194. The van der Waals surface area contributed by atoms with E-state index in [1.807, 2.05) is 12.1 Å². The molecule has 0 saturated heterocycles. The van der Waals surface area contributed by atoms with Crippen molar-refractivity contribution in [3.63, 3.8) is 0 Å². The van der Waals surface area contributed by atoms with E-state index in [9.17, 15) is 0 Å². The molecule has 1 aromatic heterocycles. The lowest BCUT2D eigenvalue weighted by Crippen LogP contribution is -2.31. The highest BCUT2D eigenvalue weighted by Gasteiger charge is 2.14. The number of hydrogen-bond donors (Lipinski definition) is 2. The molecule has 1 aromatic carbocycles. The molecule has 0 unspecified atom stereocenters. The van der Waals surface area contributed by atoms with Crippen molar-refractivity contribution < 1.29 is 0 Å². The Morgan fingerprint density at radius 3 is 2.68 bits per heavy atom. The number of nitrogen functional groups attached to an aromatic ring is 1. The number of anilines is 2. The third-order valence-corrected chi connectivity index (χ3v) is 5.87. The third kappa shape index (κ3) is 5.38. The smallest absolute Gasteiger partial charge is 0.158 e. The highest BCUT2D eigenvalue weighted by molar-refractivity contribution is 7.99. The number of nitrogens with zero attached hydrogens (tertiary/aromatic N) is 3. The maximum atomic E-state index is 6.22. The van der Waals surface area contributed by atoms with Gasteiger partial charge in [-0.1, -0.05) is 48.0 Å². The summed E-state index contributed by atoms with van der Waals surface area (Å²) >= 11 is 13.6. The van der Waals surface area contributed by atoms with E-state index in [4.69, 9.17) is 34.7 Å². The molecule has 8 heteroatoms. The maximum Gasteiger partial charge on any atom is 0.158 e. The number of aromatic nitrogens is 2. The molecular weight excluding hydrogens is 377 g/mol. The molecule has 5 nitrogen and oxygen atoms in total. The summed E-state index contributed by atoms with van der Waals surface area (Å²) in [5.41, 5.74) is 12.1. The van der Waals surface area contributed by atoms with Gasteiger partial charge in [0.15, 0.2) is 5.82 Å². The second kappa shape index (κ2) is 9.48. The first-order valence-corrected chi connectivity index (χ1v) is 9.78. The van der Waals surface area contributed by atoms with E-state index in [1.54, 1.807) is 12.3 Å². The van der Waals surface area contributed by atoms with Gasteiger partial charge in [0.25, 0.3) is 0 Å². The molecule has 0 spiro atoms. The standard InChI is InChI=1S/C17H23Cl2N5S/c1-3-11(20)8-9-24(4-2)14-10-22-17(16(21)23-14)25-13-7-5-6-12(18)15(13)19/h5-7,10-11H,3-4,8-9,20H2,1-2H3,(H2,21,23)/t11-/m0/s1. The second-order valence-corrected chi connectivity index (χ2v) is 7.43. The predicted molar refractivity (Wildman–Crippen MR) is 108 cm³/mol. The minimum Gasteiger partial charge on any atom is -0.381 e. The average Bonchev–Trinajstić information content (AvgIpc) is 2.61. The molecule has 0 aliphatic carbocycles. The molecule has 1 atom stereocenters. The van der Waals surface area contributed by atoms with Crippen LogP contribution in [-0.2, 0) is 0 Å². The van der Waals surface area contributed by atoms with Crippen molar-refractivity contribution in [3.05, 3.63) is 34.4 Å². The quantitative estimate of drug-likeness (QED) is 0.681. The summed E-state index contributed by atoms with van der Waals surface area (Å²) in [6.45, 7) is 5.80. The Kier molecular flexibility index (Phi) is 7.62. The molecule has 0 radical (unpaired) electrons. The van der Waals surface area contributed by atoms with E-state index in [1.165, 1.54) is 11.8 Å². The molecule has 1 heterocycles. The van der Waals surface area contributed by atoms with Crippen molar-refractivity contribution in [2.45, 2.75) is 42.7 Å². The Bertz CT molecular complexity index is 713. The van der Waals surface area contributed by atoms with Gasteiger partial charge in [-0.15, -0.1) is 0 Å². The molecule has 2 rings (SSSR count). The van der Waals surface area contributed by atoms with E-state index in [-0.39, 0.29) is 6.04 Å². The van der Waals surface area contributed by atoms with Gasteiger partial charge in [0.2, 0.25) is 0 Å². The molecule has 2 aromatic rings. The van der Waals surface area contributed by atoms with Crippen molar-refractivity contribution in [2.24, 2.45) is 5.73 Å². The van der Waals surface area contributed by atoms with Crippen LogP contribution in [0.4, 0.5) is 11.6 Å². The van der Waals surface area contributed by atoms with Crippen molar-refractivity contribution in [2.75, 3.05) is 23.7 Å². The zero-order valence-electron chi connectivity index (χ0n) is 14.4. The van der Waals surface area contributed by atoms with E-state index < -0.39 is 0 Å². The number of nitrogens with two attached hydrogens (primary N) is 2. The van der Waals surface area contributed by atoms with Gasteiger partial charge in [0.1, 0.15) is 10.8 Å². The van der Waals surface area contributed by atoms with Crippen molar-refractivity contribution in [1.82, 2.24) is 9.97 Å². The van der Waals surface area contributed by atoms with Crippen LogP contribution < -0.4 is 16.4 Å². The summed E-state index contributed by atoms with van der Waals surface area (Å²) in [4.78, 5) is 11.9. The summed E-state index contributed by atoms with van der Waals surface area (Å²) in [5.74, 6) is 1.13. The minimum atomic E-state index is 0.194. The molecule has 4 N–H and O–H groups in total. The van der Waals surface area contributed by atoms with Gasteiger partial charge in [-0.05, 0) is 31.9 Å². The maximum absolute atomic E-state index is 6.22. The van der Waals surface area contributed by atoms with E-state index >= 15 is 0 Å². The fourth-order valence-corrected chi connectivity index (χ4v) is 3.52. The average molecular weight is 400 g/mol. The third-order valence-electron chi connectivity index (χ3n) is 3.87. The predicted octanol–water partition coefficient (Wildman–Crippen LogP) is 4.47. The van der Waals surface area contributed by atoms with Crippen molar-refractivity contribution >= 4 is 46.6 Å². The Hall–Kier alpha value is -1.21. The number of hydrogen-bond acceptors (Lipinski definition) is 6. The Morgan fingerprint density at radius 2 is 2.04 bits per heavy atom. The number of rotatable bonds is 8. The van der Waals surface area contributed by atoms with Crippen molar-refractivity contribution in [3.8, 4) is 0 Å². The monoisotopic (exact) mass is 399 g/mol. The summed E-state index contributed by atoms with van der Waals surface area (Å²) in [5, 5.41) is 1.59. The first kappa shape index (κ1) is 20.1. The lowest BCUT2D eigenvalue weighted by molar-refractivity contribution is 0.584. The lowest BCUT2D eigenvalue weighted by Gasteiger charge is -2.23. The fraction of sp³-hybridized carbons (Fsp3) is 0.412. The zero-order valence-corrected chi connectivity index (χ0v) is 16.7. The van der Waals surface area contributed by atoms with Gasteiger partial charge in [-0.2, -0.15) is 0 Å². The first-order chi connectivity index (χ1) is 12.0. The van der Waals surface area contributed by atoms with Gasteiger partial charge in [0, 0.05) is 24.0 Å². The second-order valence-electron chi connectivity index (χ2n) is 5.61. The van der Waals surface area contributed by atoms with Crippen molar-refractivity contribution in [1.29, 1.82) is 0 Å². The van der Waals surface area contributed by atoms with Gasteiger partial charge in [0.05, 0.1) is 16.2 Å². The zero-order chi connectivity index (χ0) is 18.4. The van der Waals surface area contributed by atoms with Crippen LogP contribution in [-0.4, -0.2) is 29.1 Å². The summed E-state index contributed by atoms with van der Waals surface area (Å²) in [6.07, 6.45) is 3.60. The normalized spacial score (nSPS) is 12.2. The van der Waals surface area contributed by atoms with E-state index in [0.29, 0.717) is 20.9 Å². The van der Waals surface area contributed by atoms with Crippen LogP contribution in [0.5, 0.6) is 0 Å². The Balaban J connectivity index is 2.15. The van der Waals surface area contributed by atoms with Crippen LogP contribution in [0.2, 0.25) is 10.0 Å². The molecular formula is C17H23Cl2N5S. The van der Waals surface area contributed by atoms with Crippen LogP contribution >= 0.6 is 35.0 Å². The molecule has 0 amide bonds. The molecule has 0 aliphatic heterocycles. The van der Waals surface area contributed by atoms with Gasteiger partial charge >= 0.3 is 0 Å².